The molecule has 0 saturated carbocycles. The summed E-state index contributed by atoms with van der Waals surface area (Å²) in [5.41, 5.74) is 6.70. The monoisotopic (exact) mass is 236 g/mol. The molecule has 0 aliphatic heterocycles. The molecule has 0 radical (unpaired) electrons. The highest BCUT2D eigenvalue weighted by atomic mass is 16.5. The Morgan fingerprint density at radius 2 is 2.00 bits per heavy atom. The minimum atomic E-state index is -0.541. The topological polar surface area (TPSA) is 55.6 Å². The van der Waals surface area contributed by atoms with Crippen LogP contribution in [0.5, 0.6) is 0 Å². The number of rotatable bonds is 6. The van der Waals surface area contributed by atoms with E-state index in [0.717, 1.165) is 12.1 Å². The molecule has 0 fully saturated rings. The molecule has 1 rings (SSSR count). The highest BCUT2D eigenvalue weighted by molar-refractivity contribution is 5.75. The van der Waals surface area contributed by atoms with Crippen LogP contribution >= 0.6 is 0 Å². The van der Waals surface area contributed by atoms with Gasteiger partial charge in [-0.2, -0.15) is 0 Å². The van der Waals surface area contributed by atoms with Gasteiger partial charge >= 0.3 is 5.97 Å². The molecular weight excluding hydrogens is 216 g/mol. The number of nitrogens with zero attached hydrogens (tertiary/aromatic N) is 1. The molecule has 4 nitrogen and oxygen atoms in total. The number of nitrogens with two attached hydrogens (primary N) is 1. The van der Waals surface area contributed by atoms with Crippen LogP contribution in [-0.2, 0) is 16.1 Å². The molecule has 0 spiro atoms. The quantitative estimate of drug-likeness (QED) is 0.749. The Morgan fingerprint density at radius 1 is 1.35 bits per heavy atom. The molecule has 1 aromatic carbocycles. The molecule has 0 heterocycles. The summed E-state index contributed by atoms with van der Waals surface area (Å²) >= 11 is 0. The first-order valence-electron chi connectivity index (χ1n) is 5.70. The van der Waals surface area contributed by atoms with Crippen molar-refractivity contribution in [3.8, 4) is 0 Å². The summed E-state index contributed by atoms with van der Waals surface area (Å²) in [6.07, 6.45) is 0.612. The average Bonchev–Trinajstić information content (AvgIpc) is 2.34. The predicted octanol–water partition coefficient (Wildman–Crippen LogP) is 1.01. The maximum absolute atomic E-state index is 11.6. The molecule has 1 aromatic rings. The molecule has 17 heavy (non-hydrogen) atoms. The maximum atomic E-state index is 11.6. The van der Waals surface area contributed by atoms with E-state index >= 15 is 0 Å². The van der Waals surface area contributed by atoms with E-state index in [1.54, 1.807) is 0 Å². The van der Waals surface area contributed by atoms with Crippen LogP contribution in [0.1, 0.15) is 12.0 Å². The fraction of sp³-hybridized carbons (Fsp3) is 0.462. The van der Waals surface area contributed by atoms with Crippen LogP contribution in [0.3, 0.4) is 0 Å². The Kier molecular flexibility index (Phi) is 5.66. The SMILES string of the molecule is CN(C)CCC(N)C(=O)OCc1ccccc1. The van der Waals surface area contributed by atoms with Crippen molar-refractivity contribution >= 4 is 5.97 Å². The number of benzene rings is 1. The Labute approximate surface area is 102 Å². The zero-order valence-corrected chi connectivity index (χ0v) is 10.4. The summed E-state index contributed by atoms with van der Waals surface area (Å²) in [5.74, 6) is -0.337. The zero-order valence-electron chi connectivity index (χ0n) is 10.4. The van der Waals surface area contributed by atoms with Gasteiger partial charge in [-0.3, -0.25) is 4.79 Å². The molecule has 94 valence electrons. The summed E-state index contributed by atoms with van der Waals surface area (Å²) in [6.45, 7) is 1.07. The van der Waals surface area contributed by atoms with Gasteiger partial charge in [-0.25, -0.2) is 0 Å². The number of carbonyl (C=O) groups is 1. The first-order chi connectivity index (χ1) is 8.09. The van der Waals surface area contributed by atoms with Gasteiger partial charge in [0.1, 0.15) is 12.6 Å². The van der Waals surface area contributed by atoms with Crippen LogP contribution in [0, 0.1) is 0 Å². The van der Waals surface area contributed by atoms with E-state index in [0.29, 0.717) is 6.42 Å². The second-order valence-electron chi connectivity index (χ2n) is 4.29. The summed E-state index contributed by atoms with van der Waals surface area (Å²) in [6, 6.07) is 9.04. The van der Waals surface area contributed by atoms with Crippen molar-refractivity contribution in [1.29, 1.82) is 0 Å². The van der Waals surface area contributed by atoms with Crippen molar-refractivity contribution in [2.75, 3.05) is 20.6 Å². The van der Waals surface area contributed by atoms with E-state index in [1.165, 1.54) is 0 Å². The highest BCUT2D eigenvalue weighted by Gasteiger charge is 2.14. The predicted molar refractivity (Wildman–Crippen MR) is 67.4 cm³/mol. The van der Waals surface area contributed by atoms with Gasteiger partial charge in [-0.05, 0) is 32.6 Å². The number of ether oxygens (including phenoxy) is 1. The van der Waals surface area contributed by atoms with Crippen LogP contribution in [0.2, 0.25) is 0 Å². The molecule has 0 aliphatic rings. The Morgan fingerprint density at radius 3 is 2.59 bits per heavy atom. The normalized spacial score (nSPS) is 12.5. The van der Waals surface area contributed by atoms with Crippen LogP contribution in [0.25, 0.3) is 0 Å². The number of esters is 1. The molecule has 0 amide bonds. The van der Waals surface area contributed by atoms with E-state index in [4.69, 9.17) is 10.5 Å². The van der Waals surface area contributed by atoms with Crippen LogP contribution in [0.15, 0.2) is 30.3 Å². The van der Waals surface area contributed by atoms with E-state index < -0.39 is 6.04 Å². The van der Waals surface area contributed by atoms with Gasteiger partial charge < -0.3 is 15.4 Å². The molecule has 1 unspecified atom stereocenters. The van der Waals surface area contributed by atoms with Gasteiger partial charge in [0.15, 0.2) is 0 Å². The Bertz CT molecular complexity index is 339. The Hall–Kier alpha value is -1.39. The molecule has 1 atom stereocenters. The molecule has 0 saturated heterocycles. The van der Waals surface area contributed by atoms with E-state index in [1.807, 2.05) is 49.3 Å². The molecule has 2 N–H and O–H groups in total. The first-order valence-corrected chi connectivity index (χ1v) is 5.70. The van der Waals surface area contributed by atoms with E-state index in [2.05, 4.69) is 0 Å². The average molecular weight is 236 g/mol. The van der Waals surface area contributed by atoms with Crippen molar-refractivity contribution in [2.45, 2.75) is 19.1 Å². The van der Waals surface area contributed by atoms with Gasteiger partial charge in [0.2, 0.25) is 0 Å². The lowest BCUT2D eigenvalue weighted by atomic mass is 10.2. The summed E-state index contributed by atoms with van der Waals surface area (Å²) in [7, 11) is 3.89. The first kappa shape index (κ1) is 13.7. The molecule has 0 aromatic heterocycles. The lowest BCUT2D eigenvalue weighted by Crippen LogP contribution is -2.35. The van der Waals surface area contributed by atoms with Crippen molar-refractivity contribution in [2.24, 2.45) is 5.73 Å². The van der Waals surface area contributed by atoms with Crippen molar-refractivity contribution < 1.29 is 9.53 Å². The van der Waals surface area contributed by atoms with Crippen LogP contribution < -0.4 is 5.73 Å². The lowest BCUT2D eigenvalue weighted by Gasteiger charge is -2.14. The minimum Gasteiger partial charge on any atom is -0.460 e. The van der Waals surface area contributed by atoms with Crippen LogP contribution in [-0.4, -0.2) is 37.6 Å². The van der Waals surface area contributed by atoms with Gasteiger partial charge in [0.25, 0.3) is 0 Å². The van der Waals surface area contributed by atoms with Gasteiger partial charge in [0, 0.05) is 0 Å². The van der Waals surface area contributed by atoms with E-state index in [-0.39, 0.29) is 12.6 Å². The third-order valence-corrected chi connectivity index (χ3v) is 2.41. The highest BCUT2D eigenvalue weighted by Crippen LogP contribution is 2.02. The van der Waals surface area contributed by atoms with Gasteiger partial charge in [0.05, 0.1) is 0 Å². The van der Waals surface area contributed by atoms with E-state index in [9.17, 15) is 4.79 Å². The summed E-state index contributed by atoms with van der Waals surface area (Å²) in [4.78, 5) is 13.6. The molecular formula is C13H20N2O2. The van der Waals surface area contributed by atoms with Gasteiger partial charge in [-0.15, -0.1) is 0 Å². The number of hydrogen-bond acceptors (Lipinski definition) is 4. The third-order valence-electron chi connectivity index (χ3n) is 2.41. The fourth-order valence-corrected chi connectivity index (χ4v) is 1.35. The largest absolute Gasteiger partial charge is 0.460 e. The molecule has 0 bridgehead atoms. The van der Waals surface area contributed by atoms with Crippen molar-refractivity contribution in [1.82, 2.24) is 4.90 Å². The number of carbonyl (C=O) groups excluding carboxylic acids is 1. The smallest absolute Gasteiger partial charge is 0.323 e. The summed E-state index contributed by atoms with van der Waals surface area (Å²) < 4.78 is 5.14. The summed E-state index contributed by atoms with van der Waals surface area (Å²) in [5, 5.41) is 0. The van der Waals surface area contributed by atoms with Gasteiger partial charge in [-0.1, -0.05) is 30.3 Å². The molecule has 0 aliphatic carbocycles. The standard InChI is InChI=1S/C13H20N2O2/c1-15(2)9-8-12(14)13(16)17-10-11-6-4-3-5-7-11/h3-7,12H,8-10,14H2,1-2H3. The zero-order chi connectivity index (χ0) is 12.7. The Balaban J connectivity index is 2.29. The molecule has 4 heteroatoms. The van der Waals surface area contributed by atoms with Crippen molar-refractivity contribution in [3.05, 3.63) is 35.9 Å². The second-order valence-corrected chi connectivity index (χ2v) is 4.29. The number of hydrogen-bond donors (Lipinski definition) is 1. The fourth-order valence-electron chi connectivity index (χ4n) is 1.35. The minimum absolute atomic E-state index is 0.287. The second kappa shape index (κ2) is 7.04. The third kappa shape index (κ3) is 5.47. The maximum Gasteiger partial charge on any atom is 0.323 e. The van der Waals surface area contributed by atoms with Crippen LogP contribution in [0.4, 0.5) is 0 Å². The van der Waals surface area contributed by atoms with Crippen molar-refractivity contribution in [3.63, 3.8) is 0 Å². The lowest BCUT2D eigenvalue weighted by molar-refractivity contribution is -0.146.